The minimum atomic E-state index is -1.14. The molecule has 0 aromatic heterocycles. The third-order valence-corrected chi connectivity index (χ3v) is 3.82. The van der Waals surface area contributed by atoms with Gasteiger partial charge in [0.1, 0.15) is 0 Å². The van der Waals surface area contributed by atoms with Crippen LogP contribution in [-0.2, 0) is 23.9 Å². The van der Waals surface area contributed by atoms with Gasteiger partial charge in [0.05, 0.1) is 25.6 Å². The van der Waals surface area contributed by atoms with Gasteiger partial charge in [-0.25, -0.2) is 4.79 Å². The Morgan fingerprint density at radius 1 is 1.21 bits per heavy atom. The number of hydrogen-bond donors (Lipinski definition) is 1. The van der Waals surface area contributed by atoms with Gasteiger partial charge < -0.3 is 14.6 Å². The summed E-state index contributed by atoms with van der Waals surface area (Å²) in [4.78, 5) is 32.8. The lowest BCUT2D eigenvalue weighted by atomic mass is 9.87. The van der Waals surface area contributed by atoms with E-state index in [-0.39, 0.29) is 30.8 Å². The summed E-state index contributed by atoms with van der Waals surface area (Å²) in [5, 5.41) is 8.42. The van der Waals surface area contributed by atoms with Crippen molar-refractivity contribution in [3.8, 4) is 0 Å². The molecular weight excluding hydrogens is 319 g/mol. The molecule has 0 spiro atoms. The molecule has 0 saturated carbocycles. The van der Waals surface area contributed by atoms with Crippen molar-refractivity contribution < 1.29 is 33.4 Å². The third-order valence-electron chi connectivity index (χ3n) is 3.82. The summed E-state index contributed by atoms with van der Waals surface area (Å²) in [5.41, 5.74) is 0. The molecule has 1 N–H and O–H groups in total. The minimum absolute atomic E-state index is 0.0661. The molecule has 0 aromatic rings. The maximum atomic E-state index is 13.1. The van der Waals surface area contributed by atoms with Crippen molar-refractivity contribution in [1.29, 1.82) is 0 Å². The SMILES string of the molecule is CO[C@H](C)C[C@H](C)[C@@H](CF)CC/C=C/C(=O)OC(=O)CCC(=O)O. The van der Waals surface area contributed by atoms with Crippen molar-refractivity contribution in [3.05, 3.63) is 12.2 Å². The molecule has 24 heavy (non-hydrogen) atoms. The Morgan fingerprint density at radius 3 is 2.42 bits per heavy atom. The smallest absolute Gasteiger partial charge is 0.338 e. The van der Waals surface area contributed by atoms with E-state index in [4.69, 9.17) is 9.84 Å². The number of carbonyl (C=O) groups is 3. The summed E-state index contributed by atoms with van der Waals surface area (Å²) < 4.78 is 22.7. The van der Waals surface area contributed by atoms with E-state index >= 15 is 0 Å². The topological polar surface area (TPSA) is 89.9 Å². The molecule has 0 heterocycles. The Hall–Kier alpha value is -1.76. The fourth-order valence-electron chi connectivity index (χ4n) is 2.22. The van der Waals surface area contributed by atoms with Gasteiger partial charge in [-0.3, -0.25) is 14.0 Å². The molecule has 0 bridgehead atoms. The van der Waals surface area contributed by atoms with Crippen molar-refractivity contribution in [2.24, 2.45) is 11.8 Å². The number of methoxy groups -OCH3 is 1. The number of carboxylic acid groups (broad SMARTS) is 1. The minimum Gasteiger partial charge on any atom is -0.481 e. The van der Waals surface area contributed by atoms with Gasteiger partial charge in [0.2, 0.25) is 0 Å². The van der Waals surface area contributed by atoms with Crippen LogP contribution in [0.5, 0.6) is 0 Å². The van der Waals surface area contributed by atoms with Crippen molar-refractivity contribution in [2.75, 3.05) is 13.8 Å². The van der Waals surface area contributed by atoms with Gasteiger partial charge >= 0.3 is 17.9 Å². The fourth-order valence-corrected chi connectivity index (χ4v) is 2.22. The predicted molar refractivity (Wildman–Crippen MR) is 86.1 cm³/mol. The van der Waals surface area contributed by atoms with Crippen LogP contribution < -0.4 is 0 Å². The molecular formula is C17H27FO6. The molecule has 0 saturated heterocycles. The van der Waals surface area contributed by atoms with Crippen LogP contribution in [0.15, 0.2) is 12.2 Å². The quantitative estimate of drug-likeness (QED) is 0.332. The van der Waals surface area contributed by atoms with E-state index in [2.05, 4.69) is 4.74 Å². The molecule has 138 valence electrons. The van der Waals surface area contributed by atoms with E-state index < -0.39 is 24.6 Å². The Bertz CT molecular complexity index is 435. The summed E-state index contributed by atoms with van der Waals surface area (Å²) in [5.74, 6) is -2.83. The van der Waals surface area contributed by atoms with Crippen molar-refractivity contribution >= 4 is 17.9 Å². The summed E-state index contributed by atoms with van der Waals surface area (Å²) >= 11 is 0. The van der Waals surface area contributed by atoms with Gasteiger partial charge in [-0.15, -0.1) is 0 Å². The summed E-state index contributed by atoms with van der Waals surface area (Å²) in [6.07, 6.45) is 3.78. The maximum Gasteiger partial charge on any atom is 0.338 e. The molecule has 0 amide bonds. The number of rotatable bonds is 12. The van der Waals surface area contributed by atoms with Gasteiger partial charge in [-0.1, -0.05) is 13.0 Å². The van der Waals surface area contributed by atoms with E-state index in [1.54, 1.807) is 7.11 Å². The Balaban J connectivity index is 4.13. The number of esters is 2. The number of allylic oxidation sites excluding steroid dienone is 1. The second-order valence-corrected chi connectivity index (χ2v) is 5.84. The summed E-state index contributed by atoms with van der Waals surface area (Å²) in [7, 11) is 1.62. The first kappa shape index (κ1) is 22.2. The lowest BCUT2D eigenvalue weighted by Gasteiger charge is -2.23. The highest BCUT2D eigenvalue weighted by molar-refractivity contribution is 5.92. The Kier molecular flexibility index (Phi) is 11.7. The summed E-state index contributed by atoms with van der Waals surface area (Å²) in [6, 6.07) is 0. The first-order chi connectivity index (χ1) is 11.3. The molecule has 0 radical (unpaired) electrons. The van der Waals surface area contributed by atoms with Crippen LogP contribution in [0.1, 0.15) is 46.0 Å². The van der Waals surface area contributed by atoms with Crippen LogP contribution >= 0.6 is 0 Å². The zero-order valence-corrected chi connectivity index (χ0v) is 14.5. The van der Waals surface area contributed by atoms with Crippen molar-refractivity contribution in [2.45, 2.75) is 52.1 Å². The molecule has 0 aliphatic carbocycles. The van der Waals surface area contributed by atoms with Gasteiger partial charge in [-0.05, 0) is 38.0 Å². The van der Waals surface area contributed by atoms with Crippen LogP contribution in [0, 0.1) is 11.8 Å². The summed E-state index contributed by atoms with van der Waals surface area (Å²) in [6.45, 7) is 3.46. The number of halogens is 1. The number of alkyl halides is 1. The number of carbonyl (C=O) groups excluding carboxylic acids is 2. The van der Waals surface area contributed by atoms with E-state index in [1.165, 1.54) is 6.08 Å². The van der Waals surface area contributed by atoms with Crippen LogP contribution in [0.2, 0.25) is 0 Å². The van der Waals surface area contributed by atoms with Gasteiger partial charge in [0.25, 0.3) is 0 Å². The van der Waals surface area contributed by atoms with E-state index in [9.17, 15) is 18.8 Å². The lowest BCUT2D eigenvalue weighted by Crippen LogP contribution is -2.19. The van der Waals surface area contributed by atoms with Gasteiger partial charge in [0.15, 0.2) is 0 Å². The number of hydrogen-bond acceptors (Lipinski definition) is 5. The second-order valence-electron chi connectivity index (χ2n) is 5.84. The molecule has 3 atom stereocenters. The van der Waals surface area contributed by atoms with E-state index in [1.807, 2.05) is 13.8 Å². The zero-order chi connectivity index (χ0) is 18.5. The maximum absolute atomic E-state index is 13.1. The second kappa shape index (κ2) is 12.6. The van der Waals surface area contributed by atoms with Crippen LogP contribution in [0.25, 0.3) is 0 Å². The normalized spacial score (nSPS) is 15.0. The number of carboxylic acids is 1. The van der Waals surface area contributed by atoms with Crippen LogP contribution in [0.3, 0.4) is 0 Å². The third kappa shape index (κ3) is 10.9. The highest BCUT2D eigenvalue weighted by atomic mass is 19.1. The lowest BCUT2D eigenvalue weighted by molar-refractivity contribution is -0.157. The molecule has 7 heteroatoms. The highest BCUT2D eigenvalue weighted by Gasteiger charge is 2.19. The molecule has 6 nitrogen and oxygen atoms in total. The average Bonchev–Trinajstić information content (AvgIpc) is 2.52. The van der Waals surface area contributed by atoms with Crippen molar-refractivity contribution in [1.82, 2.24) is 0 Å². The van der Waals surface area contributed by atoms with Gasteiger partial charge in [-0.2, -0.15) is 0 Å². The largest absolute Gasteiger partial charge is 0.481 e. The van der Waals surface area contributed by atoms with E-state index in [0.29, 0.717) is 12.8 Å². The van der Waals surface area contributed by atoms with E-state index in [0.717, 1.165) is 12.5 Å². The highest BCUT2D eigenvalue weighted by Crippen LogP contribution is 2.23. The number of aliphatic carboxylic acids is 1. The van der Waals surface area contributed by atoms with Gasteiger partial charge in [0, 0.05) is 13.2 Å². The molecule has 0 unspecified atom stereocenters. The monoisotopic (exact) mass is 346 g/mol. The molecule has 0 aliphatic rings. The van der Waals surface area contributed by atoms with Crippen LogP contribution in [-0.4, -0.2) is 42.9 Å². The molecule has 0 rings (SSSR count). The Labute approximate surface area is 142 Å². The fraction of sp³-hybridized carbons (Fsp3) is 0.706. The first-order valence-electron chi connectivity index (χ1n) is 8.01. The first-order valence-corrected chi connectivity index (χ1v) is 8.01. The van der Waals surface area contributed by atoms with Crippen molar-refractivity contribution in [3.63, 3.8) is 0 Å². The average molecular weight is 346 g/mol. The molecule has 0 fully saturated rings. The predicted octanol–water partition coefficient (Wildman–Crippen LogP) is 2.90. The molecule has 0 aromatic carbocycles. The number of ether oxygens (including phenoxy) is 2. The zero-order valence-electron chi connectivity index (χ0n) is 14.5. The van der Waals surface area contributed by atoms with Crippen LogP contribution in [0.4, 0.5) is 4.39 Å². The molecule has 0 aliphatic heterocycles. The standard InChI is InChI=1S/C17H27FO6/c1-12(10-13(2)23-3)14(11-18)6-4-5-7-16(21)24-17(22)9-8-15(19)20/h5,7,12-14H,4,6,8-11H2,1-3H3,(H,19,20)/b7-5+/t12-,13+,14+/m0/s1. The Morgan fingerprint density at radius 2 is 1.88 bits per heavy atom.